The van der Waals surface area contributed by atoms with Crippen LogP contribution in [-0.4, -0.2) is 11.4 Å². The summed E-state index contributed by atoms with van der Waals surface area (Å²) >= 11 is 0. The summed E-state index contributed by atoms with van der Waals surface area (Å²) in [6, 6.07) is 3.23. The second-order valence-electron chi connectivity index (χ2n) is 3.91. The zero-order chi connectivity index (χ0) is 13.2. The molecule has 6 heteroatoms. The highest BCUT2D eigenvalue weighted by Gasteiger charge is 2.24. The molecule has 0 saturated heterocycles. The van der Waals surface area contributed by atoms with Crippen LogP contribution in [0.1, 0.15) is 24.2 Å². The van der Waals surface area contributed by atoms with E-state index < -0.39 is 34.5 Å². The Morgan fingerprint density at radius 2 is 1.88 bits per heavy atom. The van der Waals surface area contributed by atoms with Crippen molar-refractivity contribution in [2.24, 2.45) is 0 Å². The molecular formula is C11H9F3N2O. The number of carbonyl (C=O) groups is 1. The molecule has 1 rings (SSSR count). The Morgan fingerprint density at radius 3 is 2.41 bits per heavy atom. The summed E-state index contributed by atoms with van der Waals surface area (Å²) in [5, 5.41) is 10.8. The fourth-order valence-corrected chi connectivity index (χ4v) is 1.08. The number of rotatable bonds is 2. The predicted molar refractivity (Wildman–Crippen MR) is 53.5 cm³/mol. The number of carbonyl (C=O) groups excluding carboxylic acids is 1. The molecule has 0 aromatic heterocycles. The molecule has 0 aliphatic rings. The number of benzene rings is 1. The average Bonchev–Trinajstić information content (AvgIpc) is 2.25. The quantitative estimate of drug-likeness (QED) is 0.808. The molecule has 0 unspecified atom stereocenters. The Bertz CT molecular complexity index is 506. The fourth-order valence-electron chi connectivity index (χ4n) is 1.08. The van der Waals surface area contributed by atoms with Gasteiger partial charge in [-0.2, -0.15) is 5.26 Å². The first-order chi connectivity index (χ1) is 7.78. The van der Waals surface area contributed by atoms with E-state index >= 15 is 0 Å². The van der Waals surface area contributed by atoms with E-state index in [0.717, 1.165) is 6.07 Å². The van der Waals surface area contributed by atoms with Crippen LogP contribution >= 0.6 is 0 Å². The van der Waals surface area contributed by atoms with Crippen molar-refractivity contribution in [2.75, 3.05) is 0 Å². The third-order valence-electron chi connectivity index (χ3n) is 1.99. The third kappa shape index (κ3) is 2.75. The zero-order valence-electron chi connectivity index (χ0n) is 9.14. The van der Waals surface area contributed by atoms with Gasteiger partial charge in [0.1, 0.15) is 5.54 Å². The molecular weight excluding hydrogens is 233 g/mol. The van der Waals surface area contributed by atoms with Crippen LogP contribution in [0.15, 0.2) is 12.1 Å². The molecule has 0 atom stereocenters. The van der Waals surface area contributed by atoms with Gasteiger partial charge in [0.15, 0.2) is 17.5 Å². The van der Waals surface area contributed by atoms with E-state index in [2.05, 4.69) is 5.32 Å². The minimum atomic E-state index is -1.72. The Kier molecular flexibility index (Phi) is 3.42. The lowest BCUT2D eigenvalue weighted by molar-refractivity contribution is 0.0924. The number of nitriles is 1. The van der Waals surface area contributed by atoms with Crippen molar-refractivity contribution in [1.82, 2.24) is 5.32 Å². The predicted octanol–water partition coefficient (Wildman–Crippen LogP) is 2.14. The van der Waals surface area contributed by atoms with Gasteiger partial charge < -0.3 is 5.32 Å². The van der Waals surface area contributed by atoms with Crippen molar-refractivity contribution in [3.63, 3.8) is 0 Å². The van der Waals surface area contributed by atoms with Crippen molar-refractivity contribution in [3.05, 3.63) is 35.1 Å². The summed E-state index contributed by atoms with van der Waals surface area (Å²) in [4.78, 5) is 11.5. The van der Waals surface area contributed by atoms with Crippen molar-refractivity contribution in [1.29, 1.82) is 5.26 Å². The van der Waals surface area contributed by atoms with E-state index in [-0.39, 0.29) is 0 Å². The first-order valence-corrected chi connectivity index (χ1v) is 4.66. The molecule has 0 radical (unpaired) electrons. The summed E-state index contributed by atoms with van der Waals surface area (Å²) in [6.45, 7) is 2.78. The van der Waals surface area contributed by atoms with Crippen LogP contribution in [-0.2, 0) is 0 Å². The van der Waals surface area contributed by atoms with Crippen LogP contribution in [0.3, 0.4) is 0 Å². The van der Waals surface area contributed by atoms with Crippen molar-refractivity contribution in [3.8, 4) is 6.07 Å². The molecule has 0 saturated carbocycles. The van der Waals surface area contributed by atoms with E-state index in [1.807, 2.05) is 0 Å². The Morgan fingerprint density at radius 1 is 1.29 bits per heavy atom. The van der Waals surface area contributed by atoms with Crippen LogP contribution < -0.4 is 5.32 Å². The molecule has 0 heterocycles. The second kappa shape index (κ2) is 4.45. The second-order valence-corrected chi connectivity index (χ2v) is 3.91. The molecule has 0 bridgehead atoms. The Hall–Kier alpha value is -2.03. The number of amides is 1. The summed E-state index contributed by atoms with van der Waals surface area (Å²) in [6.07, 6.45) is 0. The largest absolute Gasteiger partial charge is 0.334 e. The molecule has 1 N–H and O–H groups in total. The fraction of sp³-hybridized carbons (Fsp3) is 0.273. The minimum Gasteiger partial charge on any atom is -0.334 e. The molecule has 0 aliphatic carbocycles. The summed E-state index contributed by atoms with van der Waals surface area (Å²) in [7, 11) is 0. The van der Waals surface area contributed by atoms with Crippen molar-refractivity contribution < 1.29 is 18.0 Å². The van der Waals surface area contributed by atoms with Crippen molar-refractivity contribution >= 4 is 5.91 Å². The zero-order valence-corrected chi connectivity index (χ0v) is 9.14. The molecule has 0 spiro atoms. The maximum absolute atomic E-state index is 13.2. The van der Waals surface area contributed by atoms with E-state index in [9.17, 15) is 18.0 Å². The summed E-state index contributed by atoms with van der Waals surface area (Å²) in [5.74, 6) is -5.64. The maximum atomic E-state index is 13.2. The molecule has 0 fully saturated rings. The van der Waals surface area contributed by atoms with Crippen LogP contribution in [0, 0.1) is 28.8 Å². The highest BCUT2D eigenvalue weighted by Crippen LogP contribution is 2.15. The van der Waals surface area contributed by atoms with Gasteiger partial charge >= 0.3 is 0 Å². The van der Waals surface area contributed by atoms with E-state index in [1.165, 1.54) is 13.8 Å². The lowest BCUT2D eigenvalue weighted by Crippen LogP contribution is -2.42. The molecule has 90 valence electrons. The Balaban J connectivity index is 3.08. The average molecular weight is 242 g/mol. The molecule has 0 aliphatic heterocycles. The van der Waals surface area contributed by atoms with Crippen LogP contribution in [0.4, 0.5) is 13.2 Å². The van der Waals surface area contributed by atoms with E-state index in [1.54, 1.807) is 6.07 Å². The number of halogens is 3. The smallest absolute Gasteiger partial charge is 0.255 e. The minimum absolute atomic E-state index is 0.646. The molecule has 17 heavy (non-hydrogen) atoms. The van der Waals surface area contributed by atoms with Crippen LogP contribution in [0.25, 0.3) is 0 Å². The number of hydrogen-bond acceptors (Lipinski definition) is 2. The van der Waals surface area contributed by atoms with Gasteiger partial charge in [-0.1, -0.05) is 0 Å². The molecule has 1 amide bonds. The van der Waals surface area contributed by atoms with Gasteiger partial charge in [-0.3, -0.25) is 4.79 Å². The maximum Gasteiger partial charge on any atom is 0.255 e. The number of nitrogens with zero attached hydrogens (tertiary/aromatic N) is 1. The highest BCUT2D eigenvalue weighted by atomic mass is 19.2. The highest BCUT2D eigenvalue weighted by molar-refractivity contribution is 5.95. The third-order valence-corrected chi connectivity index (χ3v) is 1.99. The van der Waals surface area contributed by atoms with Crippen molar-refractivity contribution in [2.45, 2.75) is 19.4 Å². The lowest BCUT2D eigenvalue weighted by Gasteiger charge is -2.17. The van der Waals surface area contributed by atoms with Gasteiger partial charge in [-0.15, -0.1) is 0 Å². The first kappa shape index (κ1) is 13.0. The van der Waals surface area contributed by atoms with Gasteiger partial charge in [0.25, 0.3) is 5.91 Å². The van der Waals surface area contributed by atoms with E-state index in [4.69, 9.17) is 5.26 Å². The van der Waals surface area contributed by atoms with E-state index in [0.29, 0.717) is 6.07 Å². The summed E-state index contributed by atoms with van der Waals surface area (Å²) in [5.41, 5.74) is -1.87. The first-order valence-electron chi connectivity index (χ1n) is 4.66. The standard InChI is InChI=1S/C11H9F3N2O/c1-11(2,5-15)16-10(17)6-3-4-7(12)9(14)8(6)13/h3-4H,1-2H3,(H,16,17). The van der Waals surface area contributed by atoms with Gasteiger partial charge in [-0.05, 0) is 26.0 Å². The van der Waals surface area contributed by atoms with Gasteiger partial charge in [0.2, 0.25) is 0 Å². The van der Waals surface area contributed by atoms with Crippen LogP contribution in [0.5, 0.6) is 0 Å². The summed E-state index contributed by atoms with van der Waals surface area (Å²) < 4.78 is 38.7. The van der Waals surface area contributed by atoms with Gasteiger partial charge in [0.05, 0.1) is 11.6 Å². The van der Waals surface area contributed by atoms with Gasteiger partial charge in [0, 0.05) is 0 Å². The normalized spacial score (nSPS) is 10.8. The van der Waals surface area contributed by atoms with Gasteiger partial charge in [-0.25, -0.2) is 13.2 Å². The molecule has 1 aromatic carbocycles. The molecule has 1 aromatic rings. The number of hydrogen-bond donors (Lipinski definition) is 1. The van der Waals surface area contributed by atoms with Crippen LogP contribution in [0.2, 0.25) is 0 Å². The monoisotopic (exact) mass is 242 g/mol. The lowest BCUT2D eigenvalue weighted by atomic mass is 10.1. The topological polar surface area (TPSA) is 52.9 Å². The number of nitrogens with one attached hydrogen (secondary N) is 1. The molecule has 3 nitrogen and oxygen atoms in total. The SMILES string of the molecule is CC(C)(C#N)NC(=O)c1ccc(F)c(F)c1F. The Labute approximate surface area is 95.9 Å².